The number of thiazole rings is 1. The number of nitrogens with zero attached hydrogens (tertiary/aromatic N) is 1. The highest BCUT2D eigenvalue weighted by atomic mass is 32.1. The first kappa shape index (κ1) is 17.0. The molecule has 0 spiro atoms. The average molecular weight is 309 g/mol. The fraction of sp³-hybridized carbons (Fsp3) is 0.833. The summed E-state index contributed by atoms with van der Waals surface area (Å²) in [5, 5.41) is 7.38. The Morgan fingerprint density at radius 3 is 2.52 bits per heavy atom. The van der Waals surface area contributed by atoms with Gasteiger partial charge in [-0.2, -0.15) is 0 Å². The molecule has 0 radical (unpaired) electrons. The van der Waals surface area contributed by atoms with Gasteiger partial charge in [0.1, 0.15) is 5.01 Å². The SMILES string of the molecule is CCCCCCCC(NC1CC1)c1nc(C(C)(C)C)cs1. The highest BCUT2D eigenvalue weighted by Crippen LogP contribution is 2.32. The molecule has 1 aromatic heterocycles. The maximum Gasteiger partial charge on any atom is 0.110 e. The van der Waals surface area contributed by atoms with E-state index >= 15 is 0 Å². The van der Waals surface area contributed by atoms with Crippen molar-refractivity contribution in [3.05, 3.63) is 16.1 Å². The van der Waals surface area contributed by atoms with Crippen molar-refractivity contribution in [1.29, 1.82) is 0 Å². The van der Waals surface area contributed by atoms with Crippen LogP contribution in [0, 0.1) is 0 Å². The first-order valence-electron chi connectivity index (χ1n) is 8.72. The van der Waals surface area contributed by atoms with E-state index in [-0.39, 0.29) is 5.41 Å². The lowest BCUT2D eigenvalue weighted by Crippen LogP contribution is -2.23. The predicted molar refractivity (Wildman–Crippen MR) is 93.1 cm³/mol. The van der Waals surface area contributed by atoms with Crippen molar-refractivity contribution in [2.45, 2.75) is 96.6 Å². The van der Waals surface area contributed by atoms with Crippen LogP contribution in [0.25, 0.3) is 0 Å². The number of hydrogen-bond donors (Lipinski definition) is 1. The zero-order chi connectivity index (χ0) is 15.3. The maximum absolute atomic E-state index is 4.93. The topological polar surface area (TPSA) is 24.9 Å². The lowest BCUT2D eigenvalue weighted by molar-refractivity contribution is 0.460. The molecule has 2 rings (SSSR count). The van der Waals surface area contributed by atoms with Crippen LogP contribution >= 0.6 is 11.3 Å². The second-order valence-electron chi connectivity index (χ2n) is 7.52. The van der Waals surface area contributed by atoms with Crippen molar-refractivity contribution < 1.29 is 0 Å². The lowest BCUT2D eigenvalue weighted by Gasteiger charge is -2.17. The molecule has 2 nitrogen and oxygen atoms in total. The summed E-state index contributed by atoms with van der Waals surface area (Å²) in [4.78, 5) is 4.93. The molecule has 1 N–H and O–H groups in total. The summed E-state index contributed by atoms with van der Waals surface area (Å²) in [6, 6.07) is 1.24. The monoisotopic (exact) mass is 308 g/mol. The summed E-state index contributed by atoms with van der Waals surface area (Å²) in [5.41, 5.74) is 1.41. The Hall–Kier alpha value is -0.410. The Morgan fingerprint density at radius 1 is 1.24 bits per heavy atom. The molecule has 1 fully saturated rings. The van der Waals surface area contributed by atoms with Gasteiger partial charge in [0.2, 0.25) is 0 Å². The molecule has 1 aliphatic carbocycles. The average Bonchev–Trinajstić information content (AvgIpc) is 3.08. The van der Waals surface area contributed by atoms with E-state index < -0.39 is 0 Å². The Labute approximate surface area is 134 Å². The second kappa shape index (κ2) is 7.73. The van der Waals surface area contributed by atoms with Gasteiger partial charge in [-0.3, -0.25) is 0 Å². The maximum atomic E-state index is 4.93. The lowest BCUT2D eigenvalue weighted by atomic mass is 9.93. The molecule has 1 saturated carbocycles. The Kier molecular flexibility index (Phi) is 6.24. The van der Waals surface area contributed by atoms with E-state index in [0.717, 1.165) is 6.04 Å². The van der Waals surface area contributed by atoms with Crippen LogP contribution in [0.1, 0.15) is 95.8 Å². The molecule has 1 aliphatic rings. The standard InChI is InChI=1S/C18H32N2S/c1-5-6-7-8-9-10-15(19-14-11-12-14)17-20-16(13-21-17)18(2,3)4/h13-15,19H,5-12H2,1-4H3. The minimum atomic E-state index is 0.167. The molecule has 1 unspecified atom stereocenters. The highest BCUT2D eigenvalue weighted by Gasteiger charge is 2.27. The molecule has 21 heavy (non-hydrogen) atoms. The first-order chi connectivity index (χ1) is 10.0. The molecule has 0 saturated heterocycles. The minimum Gasteiger partial charge on any atom is -0.305 e. The van der Waals surface area contributed by atoms with Crippen molar-refractivity contribution >= 4 is 11.3 Å². The number of nitrogens with one attached hydrogen (secondary N) is 1. The van der Waals surface area contributed by atoms with Crippen molar-refractivity contribution in [2.75, 3.05) is 0 Å². The van der Waals surface area contributed by atoms with Gasteiger partial charge in [0.25, 0.3) is 0 Å². The van der Waals surface area contributed by atoms with E-state index in [2.05, 4.69) is 38.4 Å². The molecule has 0 bridgehead atoms. The zero-order valence-corrected chi connectivity index (χ0v) is 15.1. The van der Waals surface area contributed by atoms with E-state index in [1.54, 1.807) is 0 Å². The smallest absolute Gasteiger partial charge is 0.110 e. The van der Waals surface area contributed by atoms with Crippen LogP contribution in [0.3, 0.4) is 0 Å². The fourth-order valence-corrected chi connectivity index (χ4v) is 3.70. The number of hydrogen-bond acceptors (Lipinski definition) is 3. The van der Waals surface area contributed by atoms with Crippen LogP contribution in [0.4, 0.5) is 0 Å². The third kappa shape index (κ3) is 5.71. The van der Waals surface area contributed by atoms with E-state index in [1.807, 2.05) is 11.3 Å². The molecule has 0 aromatic carbocycles. The van der Waals surface area contributed by atoms with Gasteiger partial charge in [-0.05, 0) is 19.3 Å². The van der Waals surface area contributed by atoms with Gasteiger partial charge in [0, 0.05) is 16.8 Å². The highest BCUT2D eigenvalue weighted by molar-refractivity contribution is 7.09. The summed E-state index contributed by atoms with van der Waals surface area (Å²) in [6.45, 7) is 9.03. The normalized spacial score (nSPS) is 17.1. The molecule has 1 atom stereocenters. The van der Waals surface area contributed by atoms with Crippen molar-refractivity contribution in [3.63, 3.8) is 0 Å². The van der Waals surface area contributed by atoms with Gasteiger partial charge >= 0.3 is 0 Å². The van der Waals surface area contributed by atoms with E-state index in [9.17, 15) is 0 Å². The van der Waals surface area contributed by atoms with Crippen LogP contribution in [0.5, 0.6) is 0 Å². The van der Waals surface area contributed by atoms with Crippen LogP contribution in [0.15, 0.2) is 5.38 Å². The van der Waals surface area contributed by atoms with Crippen molar-refractivity contribution in [1.82, 2.24) is 10.3 Å². The van der Waals surface area contributed by atoms with Crippen LogP contribution in [-0.2, 0) is 5.41 Å². The first-order valence-corrected chi connectivity index (χ1v) is 9.60. The Bertz CT molecular complexity index is 415. The Balaban J connectivity index is 1.90. The molecular weight excluding hydrogens is 276 g/mol. The summed E-state index contributed by atoms with van der Waals surface area (Å²) >= 11 is 1.85. The van der Waals surface area contributed by atoms with Gasteiger partial charge in [0.05, 0.1) is 11.7 Å². The molecule has 1 heterocycles. The van der Waals surface area contributed by atoms with Crippen LogP contribution in [-0.4, -0.2) is 11.0 Å². The third-order valence-electron chi connectivity index (χ3n) is 4.20. The molecule has 1 aromatic rings. The fourth-order valence-electron chi connectivity index (χ4n) is 2.56. The van der Waals surface area contributed by atoms with Gasteiger partial charge in [-0.25, -0.2) is 4.98 Å². The molecule has 0 aliphatic heterocycles. The van der Waals surface area contributed by atoms with E-state index in [1.165, 1.54) is 62.1 Å². The van der Waals surface area contributed by atoms with Crippen molar-refractivity contribution in [3.8, 4) is 0 Å². The van der Waals surface area contributed by atoms with E-state index in [0.29, 0.717) is 6.04 Å². The van der Waals surface area contributed by atoms with Crippen molar-refractivity contribution in [2.24, 2.45) is 0 Å². The number of aromatic nitrogens is 1. The largest absolute Gasteiger partial charge is 0.305 e. The third-order valence-corrected chi connectivity index (χ3v) is 5.16. The molecule has 120 valence electrons. The number of unbranched alkanes of at least 4 members (excludes halogenated alkanes) is 4. The summed E-state index contributed by atoms with van der Waals surface area (Å²) < 4.78 is 0. The predicted octanol–water partition coefficient (Wildman–Crippen LogP) is 5.59. The molecule has 0 amide bonds. The summed E-state index contributed by atoms with van der Waals surface area (Å²) in [6.07, 6.45) is 10.7. The van der Waals surface area contributed by atoms with Gasteiger partial charge in [0.15, 0.2) is 0 Å². The van der Waals surface area contributed by atoms with Crippen LogP contribution < -0.4 is 5.32 Å². The van der Waals surface area contributed by atoms with Crippen LogP contribution in [0.2, 0.25) is 0 Å². The molecule has 3 heteroatoms. The zero-order valence-electron chi connectivity index (χ0n) is 14.2. The Morgan fingerprint density at radius 2 is 1.95 bits per heavy atom. The summed E-state index contributed by atoms with van der Waals surface area (Å²) in [5.74, 6) is 0. The quantitative estimate of drug-likeness (QED) is 0.601. The molecular formula is C18H32N2S. The second-order valence-corrected chi connectivity index (χ2v) is 8.41. The summed E-state index contributed by atoms with van der Waals surface area (Å²) in [7, 11) is 0. The number of rotatable bonds is 9. The van der Waals surface area contributed by atoms with Gasteiger partial charge in [-0.1, -0.05) is 59.8 Å². The van der Waals surface area contributed by atoms with Gasteiger partial charge in [-0.15, -0.1) is 11.3 Å². The minimum absolute atomic E-state index is 0.167. The van der Waals surface area contributed by atoms with Gasteiger partial charge < -0.3 is 5.32 Å². The van der Waals surface area contributed by atoms with E-state index in [4.69, 9.17) is 4.98 Å².